The summed E-state index contributed by atoms with van der Waals surface area (Å²) in [5.41, 5.74) is 9.12. The number of rotatable bonds is 10. The van der Waals surface area contributed by atoms with Crippen LogP contribution in [0.5, 0.6) is 0 Å². The zero-order chi connectivity index (χ0) is 26.4. The van der Waals surface area contributed by atoms with Crippen molar-refractivity contribution in [1.82, 2.24) is 9.97 Å². The summed E-state index contributed by atoms with van der Waals surface area (Å²) in [5, 5.41) is 16.6. The number of nitrogens with one attached hydrogen (secondary N) is 2. The van der Waals surface area contributed by atoms with Crippen LogP contribution in [0.3, 0.4) is 0 Å². The molecule has 1 aliphatic rings. The molecule has 1 unspecified atom stereocenters. The molecule has 192 valence electrons. The van der Waals surface area contributed by atoms with E-state index in [0.717, 1.165) is 24.1 Å². The first-order chi connectivity index (χ1) is 17.9. The minimum absolute atomic E-state index is 0.0827. The number of anilines is 2. The fraction of sp³-hybridized carbons (Fsp3) is 0.296. The van der Waals surface area contributed by atoms with Gasteiger partial charge in [0, 0.05) is 36.4 Å². The third-order valence-corrected chi connectivity index (χ3v) is 6.17. The Labute approximate surface area is 214 Å². The van der Waals surface area contributed by atoms with Crippen molar-refractivity contribution < 1.29 is 19.4 Å². The summed E-state index contributed by atoms with van der Waals surface area (Å²) in [6, 6.07) is 12.1. The average Bonchev–Trinajstić information content (AvgIpc) is 3.76. The van der Waals surface area contributed by atoms with Crippen molar-refractivity contribution in [3.8, 4) is 0 Å². The Morgan fingerprint density at radius 2 is 2.03 bits per heavy atom. The first-order valence-electron chi connectivity index (χ1n) is 12.0. The highest BCUT2D eigenvalue weighted by Crippen LogP contribution is 2.31. The molecule has 3 aromatic rings. The summed E-state index contributed by atoms with van der Waals surface area (Å²) in [6.45, 7) is -0.0827. The number of para-hydroxylation sites is 1. The molecule has 37 heavy (non-hydrogen) atoms. The Balaban J connectivity index is 1.57. The van der Waals surface area contributed by atoms with Crippen molar-refractivity contribution in [1.29, 1.82) is 0 Å². The van der Waals surface area contributed by atoms with E-state index in [1.54, 1.807) is 37.4 Å². The van der Waals surface area contributed by atoms with Gasteiger partial charge in [0.05, 0.1) is 29.9 Å². The highest BCUT2D eigenvalue weighted by Gasteiger charge is 2.26. The van der Waals surface area contributed by atoms with Crippen LogP contribution in [-0.4, -0.2) is 53.4 Å². The first-order valence-corrected chi connectivity index (χ1v) is 12.0. The van der Waals surface area contributed by atoms with E-state index in [2.05, 4.69) is 25.6 Å². The summed E-state index contributed by atoms with van der Waals surface area (Å²) < 4.78 is 4.87. The number of hydrogen-bond donors (Lipinski definition) is 4. The van der Waals surface area contributed by atoms with Crippen LogP contribution < -0.4 is 16.4 Å². The van der Waals surface area contributed by atoms with Crippen LogP contribution in [0.25, 0.3) is 10.9 Å². The lowest BCUT2D eigenvalue weighted by Gasteiger charge is -2.21. The second-order valence-electron chi connectivity index (χ2n) is 8.73. The molecule has 0 aliphatic heterocycles. The smallest absolute Gasteiger partial charge is 0.340 e. The molecule has 1 fully saturated rings. The Morgan fingerprint density at radius 1 is 1.24 bits per heavy atom. The molecule has 10 nitrogen and oxygen atoms in total. The summed E-state index contributed by atoms with van der Waals surface area (Å²) in [6.07, 6.45) is 5.50. The molecule has 1 aromatic heterocycles. The number of allylic oxidation sites excluding steroid dienone is 1. The second-order valence-corrected chi connectivity index (χ2v) is 8.73. The van der Waals surface area contributed by atoms with Gasteiger partial charge in [0.15, 0.2) is 0 Å². The van der Waals surface area contributed by atoms with Gasteiger partial charge in [0.1, 0.15) is 12.1 Å². The lowest BCUT2D eigenvalue weighted by molar-refractivity contribution is -0.112. The Kier molecular flexibility index (Phi) is 8.09. The van der Waals surface area contributed by atoms with Crippen molar-refractivity contribution >= 4 is 40.0 Å². The number of benzene rings is 2. The zero-order valence-corrected chi connectivity index (χ0v) is 20.8. The zero-order valence-electron chi connectivity index (χ0n) is 20.8. The van der Waals surface area contributed by atoms with Gasteiger partial charge in [-0.15, -0.1) is 0 Å². The van der Waals surface area contributed by atoms with E-state index in [9.17, 15) is 14.7 Å². The van der Waals surface area contributed by atoms with E-state index in [4.69, 9.17) is 10.5 Å². The number of carbonyl (C=O) groups is 2. The van der Waals surface area contributed by atoms with Crippen molar-refractivity contribution in [2.75, 3.05) is 31.4 Å². The van der Waals surface area contributed by atoms with Gasteiger partial charge in [-0.2, -0.15) is 0 Å². The molecule has 0 bridgehead atoms. The number of methoxy groups -OCH3 is 1. The van der Waals surface area contributed by atoms with E-state index < -0.39 is 11.9 Å². The van der Waals surface area contributed by atoms with Crippen LogP contribution in [0, 0.1) is 5.92 Å². The van der Waals surface area contributed by atoms with Gasteiger partial charge in [0.2, 0.25) is 0 Å². The van der Waals surface area contributed by atoms with Crippen LogP contribution in [0.1, 0.15) is 41.2 Å². The molecular formula is C27H30N6O4. The van der Waals surface area contributed by atoms with Gasteiger partial charge in [-0.25, -0.2) is 14.8 Å². The van der Waals surface area contributed by atoms with E-state index >= 15 is 0 Å². The quantitative estimate of drug-likeness (QED) is 0.187. The van der Waals surface area contributed by atoms with E-state index in [-0.39, 0.29) is 18.3 Å². The maximum Gasteiger partial charge on any atom is 0.340 e. The Morgan fingerprint density at radius 3 is 2.73 bits per heavy atom. The van der Waals surface area contributed by atoms with Gasteiger partial charge in [-0.3, -0.25) is 9.79 Å². The summed E-state index contributed by atoms with van der Waals surface area (Å²) in [7, 11) is 3.02. The molecular weight excluding hydrogens is 472 g/mol. The largest absolute Gasteiger partial charge is 0.465 e. The number of aliphatic imine (C=N–C) groups is 1. The minimum atomic E-state index is -0.492. The summed E-state index contributed by atoms with van der Waals surface area (Å²) in [5.74, 6) is -0.0232. The predicted octanol–water partition coefficient (Wildman–Crippen LogP) is 3.21. The average molecular weight is 503 g/mol. The van der Waals surface area contributed by atoms with Gasteiger partial charge in [-0.1, -0.05) is 18.2 Å². The van der Waals surface area contributed by atoms with Gasteiger partial charge in [-0.05, 0) is 55.2 Å². The number of ether oxygens (including phenoxy) is 1. The molecule has 10 heteroatoms. The van der Waals surface area contributed by atoms with Crippen LogP contribution in [0.15, 0.2) is 65.6 Å². The van der Waals surface area contributed by atoms with Crippen molar-refractivity contribution in [2.24, 2.45) is 16.6 Å². The van der Waals surface area contributed by atoms with Crippen LogP contribution in [0.2, 0.25) is 0 Å². The van der Waals surface area contributed by atoms with Crippen LogP contribution in [0.4, 0.5) is 11.5 Å². The number of amides is 1. The highest BCUT2D eigenvalue weighted by molar-refractivity contribution is 6.09. The Bertz CT molecular complexity index is 1370. The standard InChI is InChI=1S/C27H30N6O4/c1-29-23(16-9-10-16)14-21(28)26(35)32-18-6-3-5-17(13-18)22(11-12-34)33-25-19-7-4-8-20(27(36)37-2)24(19)30-15-31-25/h3-8,13-16,22,34H,9-12,28H2,1-2H3,(H,32,35)(H,30,31,33)/b21-14-,29-23?. The molecule has 1 atom stereocenters. The van der Waals surface area contributed by atoms with Gasteiger partial charge >= 0.3 is 5.97 Å². The normalized spacial score (nSPS) is 14.8. The number of nitrogens with zero attached hydrogens (tertiary/aromatic N) is 3. The number of nitrogens with two attached hydrogens (primary N) is 1. The van der Waals surface area contributed by atoms with Crippen LogP contribution in [-0.2, 0) is 9.53 Å². The van der Waals surface area contributed by atoms with Crippen molar-refractivity contribution in [3.63, 3.8) is 0 Å². The maximum atomic E-state index is 12.7. The third kappa shape index (κ3) is 6.10. The van der Waals surface area contributed by atoms with E-state index in [1.165, 1.54) is 13.4 Å². The van der Waals surface area contributed by atoms with Crippen molar-refractivity contribution in [2.45, 2.75) is 25.3 Å². The van der Waals surface area contributed by atoms with Crippen molar-refractivity contribution in [3.05, 3.63) is 71.7 Å². The Hall–Kier alpha value is -4.31. The lowest BCUT2D eigenvalue weighted by Crippen LogP contribution is -2.22. The number of aliphatic hydroxyl groups is 1. The minimum Gasteiger partial charge on any atom is -0.465 e. The van der Waals surface area contributed by atoms with Gasteiger partial charge < -0.3 is 26.2 Å². The third-order valence-electron chi connectivity index (χ3n) is 6.17. The molecule has 2 aromatic carbocycles. The van der Waals surface area contributed by atoms with Crippen LogP contribution >= 0.6 is 0 Å². The molecule has 0 spiro atoms. The lowest BCUT2D eigenvalue weighted by atomic mass is 10.0. The monoisotopic (exact) mass is 502 g/mol. The second kappa shape index (κ2) is 11.6. The fourth-order valence-corrected chi connectivity index (χ4v) is 4.10. The first kappa shape index (κ1) is 25.8. The summed E-state index contributed by atoms with van der Waals surface area (Å²) in [4.78, 5) is 37.7. The molecule has 4 rings (SSSR count). The molecule has 1 aliphatic carbocycles. The number of carbonyl (C=O) groups excluding carboxylic acids is 2. The van der Waals surface area contributed by atoms with E-state index in [0.29, 0.717) is 40.3 Å². The number of aliphatic hydroxyl groups excluding tert-OH is 1. The van der Waals surface area contributed by atoms with Gasteiger partial charge in [0.25, 0.3) is 5.91 Å². The molecule has 1 heterocycles. The number of fused-ring (bicyclic) bond motifs is 1. The molecule has 5 N–H and O–H groups in total. The fourth-order valence-electron chi connectivity index (χ4n) is 4.10. The summed E-state index contributed by atoms with van der Waals surface area (Å²) >= 11 is 0. The molecule has 0 radical (unpaired) electrons. The highest BCUT2D eigenvalue weighted by atomic mass is 16.5. The van der Waals surface area contributed by atoms with E-state index in [1.807, 2.05) is 18.2 Å². The molecule has 0 saturated heterocycles. The molecule has 1 saturated carbocycles. The number of hydrogen-bond acceptors (Lipinski definition) is 9. The number of aromatic nitrogens is 2. The maximum absolute atomic E-state index is 12.7. The predicted molar refractivity (Wildman–Crippen MR) is 142 cm³/mol. The SMILES string of the molecule is CN=C(/C=C(\N)C(=O)Nc1cccc(C(CCO)Nc2ncnc3c(C(=O)OC)cccc23)c1)C1CC1. The number of esters is 1. The molecule has 1 amide bonds. The topological polar surface area (TPSA) is 152 Å².